The second kappa shape index (κ2) is 7.29. The number of benzene rings is 2. The van der Waals surface area contributed by atoms with Crippen molar-refractivity contribution in [3.8, 4) is 0 Å². The van der Waals surface area contributed by atoms with Crippen LogP contribution in [0.15, 0.2) is 54.6 Å². The van der Waals surface area contributed by atoms with Gasteiger partial charge in [0, 0.05) is 5.69 Å². The van der Waals surface area contributed by atoms with E-state index in [0.717, 1.165) is 16.8 Å². The third-order valence-corrected chi connectivity index (χ3v) is 3.67. The number of anilines is 1. The molecule has 2 rings (SSSR count). The molecule has 0 aliphatic heterocycles. The number of hydrogen-bond donors (Lipinski definition) is 3. The maximum Gasteiger partial charge on any atom is 0.319 e. The Morgan fingerprint density at radius 1 is 1.04 bits per heavy atom. The molecule has 1 atom stereocenters. The summed E-state index contributed by atoms with van der Waals surface area (Å²) in [6, 6.07) is 16.4. The van der Waals surface area contributed by atoms with Gasteiger partial charge in [-0.25, -0.2) is 4.79 Å². The lowest BCUT2D eigenvalue weighted by atomic mass is 9.86. The lowest BCUT2D eigenvalue weighted by molar-refractivity contribution is 0.225. The van der Waals surface area contributed by atoms with E-state index in [2.05, 4.69) is 31.4 Å². The number of aliphatic hydroxyl groups excluding tert-OH is 1. The van der Waals surface area contributed by atoms with Crippen LogP contribution in [0.25, 0.3) is 0 Å². The molecule has 0 unspecified atom stereocenters. The number of rotatable bonds is 4. The van der Waals surface area contributed by atoms with Gasteiger partial charge in [-0.15, -0.1) is 0 Å². The van der Waals surface area contributed by atoms with Crippen molar-refractivity contribution >= 4 is 11.7 Å². The van der Waals surface area contributed by atoms with Gasteiger partial charge in [0.25, 0.3) is 0 Å². The molecular formula is C19H24N2O2. The van der Waals surface area contributed by atoms with Gasteiger partial charge >= 0.3 is 6.03 Å². The van der Waals surface area contributed by atoms with Crippen molar-refractivity contribution in [1.29, 1.82) is 0 Å². The average Bonchev–Trinajstić information content (AvgIpc) is 2.53. The first-order valence-electron chi connectivity index (χ1n) is 7.74. The van der Waals surface area contributed by atoms with E-state index in [4.69, 9.17) is 0 Å². The summed E-state index contributed by atoms with van der Waals surface area (Å²) in [5, 5.41) is 15.2. The molecule has 4 nitrogen and oxygen atoms in total. The summed E-state index contributed by atoms with van der Waals surface area (Å²) in [7, 11) is 0. The molecule has 0 aliphatic carbocycles. The third-order valence-electron chi connectivity index (χ3n) is 3.67. The summed E-state index contributed by atoms with van der Waals surface area (Å²) >= 11 is 0. The standard InChI is InChI=1S/C19H24N2O2/c1-19(2,3)15-11-7-8-12-16(15)20-18(23)21-17(13-22)14-9-5-4-6-10-14/h4-12,17,22H,13H2,1-3H3,(H2,20,21,23)/t17-/m1/s1. The molecule has 0 radical (unpaired) electrons. The van der Waals surface area contributed by atoms with Crippen LogP contribution in [-0.4, -0.2) is 17.7 Å². The highest BCUT2D eigenvalue weighted by atomic mass is 16.3. The van der Waals surface area contributed by atoms with Crippen molar-refractivity contribution in [3.63, 3.8) is 0 Å². The molecule has 2 aromatic rings. The Labute approximate surface area is 137 Å². The maximum atomic E-state index is 12.3. The Balaban J connectivity index is 2.11. The molecule has 4 heteroatoms. The van der Waals surface area contributed by atoms with E-state index in [1.54, 1.807) is 0 Å². The lowest BCUT2D eigenvalue weighted by Crippen LogP contribution is -2.35. The van der Waals surface area contributed by atoms with Crippen LogP contribution in [0.3, 0.4) is 0 Å². The summed E-state index contributed by atoms with van der Waals surface area (Å²) in [5.41, 5.74) is 2.64. The van der Waals surface area contributed by atoms with Crippen molar-refractivity contribution in [3.05, 3.63) is 65.7 Å². The van der Waals surface area contributed by atoms with Crippen molar-refractivity contribution in [1.82, 2.24) is 5.32 Å². The van der Waals surface area contributed by atoms with Crippen LogP contribution >= 0.6 is 0 Å². The molecule has 0 fully saturated rings. The molecule has 0 saturated carbocycles. The van der Waals surface area contributed by atoms with Gasteiger partial charge in [-0.1, -0.05) is 69.3 Å². The first kappa shape index (κ1) is 17.0. The molecule has 3 N–H and O–H groups in total. The number of carbonyl (C=O) groups is 1. The zero-order valence-electron chi connectivity index (χ0n) is 13.8. The van der Waals surface area contributed by atoms with Gasteiger partial charge in [0.05, 0.1) is 12.6 Å². The number of aliphatic hydroxyl groups is 1. The van der Waals surface area contributed by atoms with Crippen LogP contribution in [0.5, 0.6) is 0 Å². The van der Waals surface area contributed by atoms with Crippen molar-refractivity contribution in [2.24, 2.45) is 0 Å². The minimum absolute atomic E-state index is 0.0698. The number of nitrogens with one attached hydrogen (secondary N) is 2. The van der Waals surface area contributed by atoms with E-state index in [0.29, 0.717) is 0 Å². The fourth-order valence-electron chi connectivity index (χ4n) is 2.48. The van der Waals surface area contributed by atoms with Crippen molar-refractivity contribution in [2.45, 2.75) is 32.2 Å². The number of hydrogen-bond acceptors (Lipinski definition) is 2. The number of urea groups is 1. The molecular weight excluding hydrogens is 288 g/mol. The highest BCUT2D eigenvalue weighted by molar-refractivity contribution is 5.90. The van der Waals surface area contributed by atoms with Crippen LogP contribution in [0.2, 0.25) is 0 Å². The molecule has 23 heavy (non-hydrogen) atoms. The van der Waals surface area contributed by atoms with Crippen LogP contribution < -0.4 is 10.6 Å². The Morgan fingerprint density at radius 2 is 1.65 bits per heavy atom. The molecule has 2 amide bonds. The second-order valence-electron chi connectivity index (χ2n) is 6.54. The Kier molecular flexibility index (Phi) is 5.40. The normalized spacial score (nSPS) is 12.5. The summed E-state index contributed by atoms with van der Waals surface area (Å²) in [6.07, 6.45) is 0. The predicted molar refractivity (Wildman–Crippen MR) is 93.6 cm³/mol. The Bertz CT molecular complexity index is 648. The van der Waals surface area contributed by atoms with Gasteiger partial charge in [0.2, 0.25) is 0 Å². The predicted octanol–water partition coefficient (Wildman–Crippen LogP) is 3.84. The zero-order valence-corrected chi connectivity index (χ0v) is 13.8. The second-order valence-corrected chi connectivity index (χ2v) is 6.54. The number of carbonyl (C=O) groups excluding carboxylic acids is 1. The van der Waals surface area contributed by atoms with Crippen molar-refractivity contribution < 1.29 is 9.90 Å². The Morgan fingerprint density at radius 3 is 2.26 bits per heavy atom. The molecule has 0 spiro atoms. The first-order valence-corrected chi connectivity index (χ1v) is 7.74. The van der Waals surface area contributed by atoms with E-state index in [1.807, 2.05) is 54.6 Å². The molecule has 122 valence electrons. The topological polar surface area (TPSA) is 61.4 Å². The van der Waals surface area contributed by atoms with Crippen LogP contribution in [0, 0.1) is 0 Å². The minimum atomic E-state index is -0.432. The average molecular weight is 312 g/mol. The fourth-order valence-corrected chi connectivity index (χ4v) is 2.48. The summed E-state index contributed by atoms with van der Waals surface area (Å²) in [6.45, 7) is 6.15. The Hall–Kier alpha value is -2.33. The minimum Gasteiger partial charge on any atom is -0.394 e. The third kappa shape index (κ3) is 4.57. The summed E-state index contributed by atoms with van der Waals surface area (Å²) < 4.78 is 0. The van der Waals surface area contributed by atoms with Gasteiger partial charge in [-0.05, 0) is 22.6 Å². The fraction of sp³-hybridized carbons (Fsp3) is 0.316. The molecule has 0 saturated heterocycles. The molecule has 0 bridgehead atoms. The molecule has 0 aliphatic rings. The van der Waals surface area contributed by atoms with Crippen molar-refractivity contribution in [2.75, 3.05) is 11.9 Å². The number of para-hydroxylation sites is 1. The van der Waals surface area contributed by atoms with Gasteiger partial charge < -0.3 is 15.7 Å². The van der Waals surface area contributed by atoms with E-state index in [9.17, 15) is 9.90 Å². The van der Waals surface area contributed by atoms with E-state index in [1.165, 1.54) is 0 Å². The quantitative estimate of drug-likeness (QED) is 0.803. The molecule has 0 heterocycles. The van der Waals surface area contributed by atoms with Gasteiger partial charge in [0.15, 0.2) is 0 Å². The first-order chi connectivity index (χ1) is 10.9. The van der Waals surface area contributed by atoms with E-state index < -0.39 is 6.04 Å². The van der Waals surface area contributed by atoms with Gasteiger partial charge in [-0.2, -0.15) is 0 Å². The highest BCUT2D eigenvalue weighted by Crippen LogP contribution is 2.29. The van der Waals surface area contributed by atoms with Crippen LogP contribution in [0.1, 0.15) is 37.9 Å². The largest absolute Gasteiger partial charge is 0.394 e. The smallest absolute Gasteiger partial charge is 0.319 e. The molecule has 2 aromatic carbocycles. The van der Waals surface area contributed by atoms with Gasteiger partial charge in [0.1, 0.15) is 0 Å². The molecule has 0 aromatic heterocycles. The SMILES string of the molecule is CC(C)(C)c1ccccc1NC(=O)N[C@H](CO)c1ccccc1. The zero-order chi connectivity index (χ0) is 16.9. The van der Waals surface area contributed by atoms with E-state index in [-0.39, 0.29) is 18.1 Å². The van der Waals surface area contributed by atoms with Crippen LogP contribution in [-0.2, 0) is 5.41 Å². The lowest BCUT2D eigenvalue weighted by Gasteiger charge is -2.24. The monoisotopic (exact) mass is 312 g/mol. The summed E-state index contributed by atoms with van der Waals surface area (Å²) in [5.74, 6) is 0. The van der Waals surface area contributed by atoms with E-state index >= 15 is 0 Å². The maximum absolute atomic E-state index is 12.3. The highest BCUT2D eigenvalue weighted by Gasteiger charge is 2.19. The van der Waals surface area contributed by atoms with Crippen LogP contribution in [0.4, 0.5) is 10.5 Å². The van der Waals surface area contributed by atoms with Gasteiger partial charge in [-0.3, -0.25) is 0 Å². The number of amides is 2. The summed E-state index contributed by atoms with van der Waals surface area (Å²) in [4.78, 5) is 12.3.